The minimum Gasteiger partial charge on any atom is -0.495 e. The number of oxazole rings is 1. The fourth-order valence-corrected chi connectivity index (χ4v) is 3.27. The van der Waals surface area contributed by atoms with Gasteiger partial charge in [-0.2, -0.15) is 0 Å². The van der Waals surface area contributed by atoms with E-state index in [1.165, 1.54) is 0 Å². The van der Waals surface area contributed by atoms with E-state index in [4.69, 9.17) is 9.15 Å². The Kier molecular flexibility index (Phi) is 8.18. The zero-order valence-corrected chi connectivity index (χ0v) is 20.2. The highest BCUT2D eigenvalue weighted by Gasteiger charge is 2.25. The molecule has 2 aromatic rings. The van der Waals surface area contributed by atoms with Crippen LogP contribution in [0.1, 0.15) is 38.8 Å². The van der Waals surface area contributed by atoms with Gasteiger partial charge in [-0.15, -0.1) is 24.0 Å². The summed E-state index contributed by atoms with van der Waals surface area (Å²) in [6, 6.07) is 8.45. The van der Waals surface area contributed by atoms with Gasteiger partial charge in [0.1, 0.15) is 11.5 Å². The summed E-state index contributed by atoms with van der Waals surface area (Å²) in [6.45, 7) is 8.70. The molecule has 3 rings (SSSR count). The van der Waals surface area contributed by atoms with Crippen LogP contribution in [-0.4, -0.2) is 44.2 Å². The molecule has 0 bridgehead atoms. The predicted octanol–water partition coefficient (Wildman–Crippen LogP) is 3.54. The number of anilines is 1. The van der Waals surface area contributed by atoms with Crippen molar-refractivity contribution in [1.29, 1.82) is 0 Å². The highest BCUT2D eigenvalue weighted by Crippen LogP contribution is 2.30. The van der Waals surface area contributed by atoms with Gasteiger partial charge in [0, 0.05) is 31.6 Å². The van der Waals surface area contributed by atoms with Crippen molar-refractivity contribution in [3.8, 4) is 5.75 Å². The molecule has 1 atom stereocenters. The van der Waals surface area contributed by atoms with Gasteiger partial charge in [-0.1, -0.05) is 32.9 Å². The fourth-order valence-electron chi connectivity index (χ4n) is 3.27. The normalized spacial score (nSPS) is 17.1. The third kappa shape index (κ3) is 6.01. The van der Waals surface area contributed by atoms with Crippen molar-refractivity contribution >= 4 is 35.6 Å². The summed E-state index contributed by atoms with van der Waals surface area (Å²) in [5.74, 6) is 3.21. The molecule has 29 heavy (non-hydrogen) atoms. The average Bonchev–Trinajstić information content (AvgIpc) is 3.34. The molecule has 160 valence electrons. The zero-order valence-electron chi connectivity index (χ0n) is 17.9. The van der Waals surface area contributed by atoms with Crippen molar-refractivity contribution in [3.05, 3.63) is 42.1 Å². The molecule has 0 saturated carbocycles. The lowest BCUT2D eigenvalue weighted by Gasteiger charge is -2.22. The Hall–Kier alpha value is -1.97. The zero-order chi connectivity index (χ0) is 20.1. The summed E-state index contributed by atoms with van der Waals surface area (Å²) in [5.41, 5.74) is 1.09. The minimum atomic E-state index is -0.0447. The molecule has 1 aromatic carbocycles. The number of rotatable bonds is 5. The van der Waals surface area contributed by atoms with Gasteiger partial charge in [-0.05, 0) is 18.6 Å². The van der Waals surface area contributed by atoms with E-state index in [0.717, 1.165) is 42.7 Å². The molecule has 0 amide bonds. The van der Waals surface area contributed by atoms with Crippen LogP contribution >= 0.6 is 24.0 Å². The van der Waals surface area contributed by atoms with Gasteiger partial charge in [0.15, 0.2) is 5.96 Å². The lowest BCUT2D eigenvalue weighted by Crippen LogP contribution is -2.44. The quantitative estimate of drug-likeness (QED) is 0.362. The van der Waals surface area contributed by atoms with Crippen molar-refractivity contribution in [2.24, 2.45) is 4.99 Å². The standard InChI is InChI=1S/C21H31N5O2.HI/c1-21(2,3)18-12-23-19(28-18)13-24-20(22-4)25-15-10-11-26(14-15)16-8-6-7-9-17(16)27-5;/h6-9,12,15H,10-11,13-14H2,1-5H3,(H2,22,24,25);1H. The van der Waals surface area contributed by atoms with Crippen LogP contribution in [-0.2, 0) is 12.0 Å². The van der Waals surface area contributed by atoms with Crippen LogP contribution in [0.3, 0.4) is 0 Å². The highest BCUT2D eigenvalue weighted by molar-refractivity contribution is 14.0. The van der Waals surface area contributed by atoms with Crippen LogP contribution in [0, 0.1) is 0 Å². The van der Waals surface area contributed by atoms with Crippen molar-refractivity contribution in [2.45, 2.75) is 45.2 Å². The van der Waals surface area contributed by atoms with E-state index in [2.05, 4.69) is 52.3 Å². The molecular weight excluding hydrogens is 481 g/mol. The molecule has 0 radical (unpaired) electrons. The number of hydrogen-bond acceptors (Lipinski definition) is 5. The van der Waals surface area contributed by atoms with Crippen LogP contribution in [0.5, 0.6) is 5.75 Å². The van der Waals surface area contributed by atoms with Gasteiger partial charge in [0.2, 0.25) is 5.89 Å². The first-order chi connectivity index (χ1) is 13.4. The summed E-state index contributed by atoms with van der Waals surface area (Å²) < 4.78 is 11.3. The van der Waals surface area contributed by atoms with Gasteiger partial charge in [-0.3, -0.25) is 4.99 Å². The molecular formula is C21H32IN5O2. The highest BCUT2D eigenvalue weighted by atomic mass is 127. The molecule has 8 heteroatoms. The number of guanidine groups is 1. The summed E-state index contributed by atoms with van der Waals surface area (Å²) in [5, 5.41) is 6.79. The van der Waals surface area contributed by atoms with E-state index in [-0.39, 0.29) is 29.4 Å². The number of methoxy groups -OCH3 is 1. The van der Waals surface area contributed by atoms with Crippen LogP contribution in [0.25, 0.3) is 0 Å². The van der Waals surface area contributed by atoms with Crippen LogP contribution < -0.4 is 20.3 Å². The van der Waals surface area contributed by atoms with Gasteiger partial charge >= 0.3 is 0 Å². The molecule has 1 saturated heterocycles. The molecule has 1 aromatic heterocycles. The van der Waals surface area contributed by atoms with E-state index in [1.807, 2.05) is 18.2 Å². The van der Waals surface area contributed by atoms with Crippen LogP contribution in [0.15, 0.2) is 39.9 Å². The second-order valence-corrected chi connectivity index (χ2v) is 8.04. The first kappa shape index (κ1) is 23.3. The Morgan fingerprint density at radius 1 is 1.34 bits per heavy atom. The fraction of sp³-hybridized carbons (Fsp3) is 0.524. The third-order valence-electron chi connectivity index (χ3n) is 4.88. The van der Waals surface area contributed by atoms with Gasteiger partial charge < -0.3 is 24.7 Å². The van der Waals surface area contributed by atoms with E-state index in [0.29, 0.717) is 18.5 Å². The van der Waals surface area contributed by atoms with Gasteiger partial charge in [-0.25, -0.2) is 4.98 Å². The maximum atomic E-state index is 5.83. The Balaban J connectivity index is 0.00000300. The number of aromatic nitrogens is 1. The monoisotopic (exact) mass is 513 g/mol. The smallest absolute Gasteiger partial charge is 0.213 e. The SMILES string of the molecule is CN=C(NCc1ncc(C(C)(C)C)o1)NC1CCN(c2ccccc2OC)C1.I. The number of hydrogen-bond donors (Lipinski definition) is 2. The molecule has 7 nitrogen and oxygen atoms in total. The summed E-state index contributed by atoms with van der Waals surface area (Å²) in [6.07, 6.45) is 2.83. The van der Waals surface area contributed by atoms with Gasteiger partial charge in [0.05, 0.1) is 25.5 Å². The number of ether oxygens (including phenoxy) is 1. The lowest BCUT2D eigenvalue weighted by atomic mass is 9.94. The van der Waals surface area contributed by atoms with Crippen molar-refractivity contribution in [1.82, 2.24) is 15.6 Å². The minimum absolute atomic E-state index is 0. The Labute approximate surface area is 190 Å². The average molecular weight is 513 g/mol. The lowest BCUT2D eigenvalue weighted by molar-refractivity contribution is 0.379. The summed E-state index contributed by atoms with van der Waals surface area (Å²) >= 11 is 0. The molecule has 0 spiro atoms. The number of para-hydroxylation sites is 2. The summed E-state index contributed by atoms with van der Waals surface area (Å²) in [4.78, 5) is 11.0. The largest absolute Gasteiger partial charge is 0.495 e. The van der Waals surface area contributed by atoms with Gasteiger partial charge in [0.25, 0.3) is 0 Å². The van der Waals surface area contributed by atoms with E-state index < -0.39 is 0 Å². The first-order valence-electron chi connectivity index (χ1n) is 9.71. The Morgan fingerprint density at radius 2 is 2.10 bits per heavy atom. The maximum Gasteiger partial charge on any atom is 0.213 e. The van der Waals surface area contributed by atoms with E-state index >= 15 is 0 Å². The van der Waals surface area contributed by atoms with E-state index in [1.54, 1.807) is 20.4 Å². The maximum absolute atomic E-state index is 5.83. The second-order valence-electron chi connectivity index (χ2n) is 8.04. The predicted molar refractivity (Wildman–Crippen MR) is 128 cm³/mol. The van der Waals surface area contributed by atoms with Crippen LogP contribution in [0.4, 0.5) is 5.69 Å². The van der Waals surface area contributed by atoms with Crippen molar-refractivity contribution in [3.63, 3.8) is 0 Å². The molecule has 2 N–H and O–H groups in total. The molecule has 1 aliphatic rings. The number of benzene rings is 1. The second kappa shape index (κ2) is 10.2. The number of aliphatic imine (C=N–C) groups is 1. The first-order valence-corrected chi connectivity index (χ1v) is 9.71. The topological polar surface area (TPSA) is 74.9 Å². The molecule has 0 aliphatic carbocycles. The van der Waals surface area contributed by atoms with Crippen molar-refractivity contribution in [2.75, 3.05) is 32.1 Å². The van der Waals surface area contributed by atoms with E-state index in [9.17, 15) is 0 Å². The molecule has 1 unspecified atom stereocenters. The Bertz CT molecular complexity index is 815. The molecule has 2 heterocycles. The Morgan fingerprint density at radius 3 is 2.76 bits per heavy atom. The summed E-state index contributed by atoms with van der Waals surface area (Å²) in [7, 11) is 3.49. The van der Waals surface area contributed by atoms with Crippen LogP contribution in [0.2, 0.25) is 0 Å². The third-order valence-corrected chi connectivity index (χ3v) is 4.88. The number of nitrogens with zero attached hydrogens (tertiary/aromatic N) is 3. The number of halogens is 1. The van der Waals surface area contributed by atoms with Crippen molar-refractivity contribution < 1.29 is 9.15 Å². The molecule has 1 fully saturated rings. The molecule has 1 aliphatic heterocycles. The number of nitrogens with one attached hydrogen (secondary N) is 2.